The van der Waals surface area contributed by atoms with Crippen LogP contribution in [0.3, 0.4) is 0 Å². The highest BCUT2D eigenvalue weighted by Gasteiger charge is 2.44. The molecule has 1 aliphatic rings. The van der Waals surface area contributed by atoms with Gasteiger partial charge in [0.2, 0.25) is 15.9 Å². The van der Waals surface area contributed by atoms with Gasteiger partial charge in [-0.05, 0) is 53.5 Å². The fourth-order valence-corrected chi connectivity index (χ4v) is 4.40. The third-order valence-electron chi connectivity index (χ3n) is 4.72. The first-order valence-corrected chi connectivity index (χ1v) is 10.9. The highest BCUT2D eigenvalue weighted by atomic mass is 32.2. The molecule has 0 spiro atoms. The lowest BCUT2D eigenvalue weighted by molar-refractivity contribution is -0.127. The Hall–Kier alpha value is -1.90. The zero-order chi connectivity index (χ0) is 20.6. The first kappa shape index (κ1) is 21.4. The third-order valence-corrected chi connectivity index (χ3v) is 6.16. The molecular formula is C18H30N4O4S. The van der Waals surface area contributed by atoms with Crippen molar-refractivity contribution in [2.75, 3.05) is 18.8 Å². The number of aryl methyl sites for hydroxylation is 1. The van der Waals surface area contributed by atoms with Crippen molar-refractivity contribution in [1.29, 1.82) is 0 Å². The zero-order valence-electron chi connectivity index (χ0n) is 17.0. The Bertz CT molecular complexity index is 838. The van der Waals surface area contributed by atoms with E-state index in [1.807, 2.05) is 27.7 Å². The molecule has 0 aromatic carbocycles. The summed E-state index contributed by atoms with van der Waals surface area (Å²) in [5, 5.41) is 4.43. The molecule has 2 heterocycles. The summed E-state index contributed by atoms with van der Waals surface area (Å²) >= 11 is 0. The molecule has 1 aromatic rings. The first-order chi connectivity index (χ1) is 12.3. The SMILES string of the molecule is CCCS(=O)(=O)NC(=O)C1(C)CCN(C(=O)c2cc(C)nn2C(C)(C)C)C1. The van der Waals surface area contributed by atoms with Gasteiger partial charge in [0.25, 0.3) is 5.91 Å². The number of likely N-dealkylation sites (tertiary alicyclic amines) is 1. The van der Waals surface area contributed by atoms with Crippen LogP contribution in [0, 0.1) is 12.3 Å². The van der Waals surface area contributed by atoms with Crippen LogP contribution < -0.4 is 4.72 Å². The standard InChI is InChI=1S/C18H30N4O4S/c1-7-10-27(25,26)20-16(24)18(6)8-9-21(12-18)15(23)14-11-13(2)19-22(14)17(3,4)5/h11H,7-10,12H2,1-6H3,(H,20,24). The van der Waals surface area contributed by atoms with Crippen molar-refractivity contribution < 1.29 is 18.0 Å². The van der Waals surface area contributed by atoms with Gasteiger partial charge in [0.05, 0.1) is 22.4 Å². The molecule has 0 saturated carbocycles. The molecule has 0 bridgehead atoms. The number of carbonyl (C=O) groups is 2. The zero-order valence-corrected chi connectivity index (χ0v) is 17.8. The molecule has 9 heteroatoms. The molecule has 152 valence electrons. The maximum atomic E-state index is 13.0. The van der Waals surface area contributed by atoms with Gasteiger partial charge >= 0.3 is 0 Å². The lowest BCUT2D eigenvalue weighted by atomic mass is 9.89. The summed E-state index contributed by atoms with van der Waals surface area (Å²) in [5.74, 6) is -0.841. The maximum Gasteiger partial charge on any atom is 0.272 e. The Morgan fingerprint density at radius 1 is 1.33 bits per heavy atom. The van der Waals surface area contributed by atoms with Crippen molar-refractivity contribution in [2.24, 2.45) is 5.41 Å². The van der Waals surface area contributed by atoms with E-state index in [4.69, 9.17) is 0 Å². The minimum Gasteiger partial charge on any atom is -0.336 e. The predicted molar refractivity (Wildman–Crippen MR) is 103 cm³/mol. The number of nitrogens with zero attached hydrogens (tertiary/aromatic N) is 3. The summed E-state index contributed by atoms with van der Waals surface area (Å²) in [6.07, 6.45) is 0.842. The average Bonchev–Trinajstić information content (AvgIpc) is 3.10. The number of nitrogens with one attached hydrogen (secondary N) is 1. The Balaban J connectivity index is 2.18. The third kappa shape index (κ3) is 4.69. The summed E-state index contributed by atoms with van der Waals surface area (Å²) in [4.78, 5) is 27.2. The smallest absolute Gasteiger partial charge is 0.272 e. The van der Waals surface area contributed by atoms with Gasteiger partial charge in [0.1, 0.15) is 5.69 Å². The van der Waals surface area contributed by atoms with Gasteiger partial charge in [0, 0.05) is 13.1 Å². The van der Waals surface area contributed by atoms with E-state index in [2.05, 4.69) is 9.82 Å². The topological polar surface area (TPSA) is 101 Å². The van der Waals surface area contributed by atoms with Crippen molar-refractivity contribution in [1.82, 2.24) is 19.4 Å². The van der Waals surface area contributed by atoms with Crippen LogP contribution in [0.1, 0.15) is 63.6 Å². The van der Waals surface area contributed by atoms with E-state index in [9.17, 15) is 18.0 Å². The second kappa shape index (κ2) is 7.26. The van der Waals surface area contributed by atoms with Crippen LogP contribution in [0.15, 0.2) is 6.07 Å². The van der Waals surface area contributed by atoms with Crippen LogP contribution in [-0.2, 0) is 20.4 Å². The molecular weight excluding hydrogens is 368 g/mol. The number of amides is 2. The fourth-order valence-electron chi connectivity index (χ4n) is 3.23. The number of rotatable bonds is 5. The van der Waals surface area contributed by atoms with Gasteiger partial charge in [-0.1, -0.05) is 6.92 Å². The highest BCUT2D eigenvalue weighted by molar-refractivity contribution is 7.90. The minimum absolute atomic E-state index is 0.0957. The van der Waals surface area contributed by atoms with Crippen molar-refractivity contribution in [3.05, 3.63) is 17.5 Å². The van der Waals surface area contributed by atoms with Crippen molar-refractivity contribution in [3.8, 4) is 0 Å². The highest BCUT2D eigenvalue weighted by Crippen LogP contribution is 2.32. The molecule has 1 aromatic heterocycles. The number of hydrogen-bond acceptors (Lipinski definition) is 5. The lowest BCUT2D eigenvalue weighted by Crippen LogP contribution is -2.45. The monoisotopic (exact) mass is 398 g/mol. The molecule has 27 heavy (non-hydrogen) atoms. The second-order valence-electron chi connectivity index (χ2n) is 8.54. The molecule has 1 atom stereocenters. The van der Waals surface area contributed by atoms with Crippen LogP contribution in [0.25, 0.3) is 0 Å². The van der Waals surface area contributed by atoms with E-state index in [-0.39, 0.29) is 23.7 Å². The average molecular weight is 399 g/mol. The van der Waals surface area contributed by atoms with E-state index >= 15 is 0 Å². The van der Waals surface area contributed by atoms with Gasteiger partial charge in [-0.15, -0.1) is 0 Å². The molecule has 2 amide bonds. The van der Waals surface area contributed by atoms with Crippen LogP contribution in [0.2, 0.25) is 0 Å². The van der Waals surface area contributed by atoms with Gasteiger partial charge in [-0.2, -0.15) is 5.10 Å². The first-order valence-electron chi connectivity index (χ1n) is 9.20. The number of sulfonamides is 1. The van der Waals surface area contributed by atoms with E-state index in [0.29, 0.717) is 25.1 Å². The second-order valence-corrected chi connectivity index (χ2v) is 10.4. The van der Waals surface area contributed by atoms with E-state index in [0.717, 1.165) is 5.69 Å². The quantitative estimate of drug-likeness (QED) is 0.813. The Kier molecular flexibility index (Phi) is 5.75. The Labute approximate surface area is 161 Å². The molecule has 1 unspecified atom stereocenters. The lowest BCUT2D eigenvalue weighted by Gasteiger charge is -2.26. The van der Waals surface area contributed by atoms with Crippen molar-refractivity contribution in [3.63, 3.8) is 0 Å². The van der Waals surface area contributed by atoms with Gasteiger partial charge < -0.3 is 4.90 Å². The molecule has 0 aliphatic carbocycles. The molecule has 8 nitrogen and oxygen atoms in total. The fraction of sp³-hybridized carbons (Fsp3) is 0.722. The summed E-state index contributed by atoms with van der Waals surface area (Å²) in [6.45, 7) is 11.7. The summed E-state index contributed by atoms with van der Waals surface area (Å²) in [6, 6.07) is 1.75. The summed E-state index contributed by atoms with van der Waals surface area (Å²) in [7, 11) is -3.64. The molecule has 1 saturated heterocycles. The Morgan fingerprint density at radius 2 is 1.96 bits per heavy atom. The number of carbonyl (C=O) groups excluding carboxylic acids is 2. The van der Waals surface area contributed by atoms with Crippen molar-refractivity contribution in [2.45, 2.75) is 59.9 Å². The van der Waals surface area contributed by atoms with Gasteiger partial charge in [-0.3, -0.25) is 19.0 Å². The van der Waals surface area contributed by atoms with Gasteiger partial charge in [0.15, 0.2) is 0 Å². The normalized spacial score (nSPS) is 20.7. The molecule has 1 aliphatic heterocycles. The largest absolute Gasteiger partial charge is 0.336 e. The van der Waals surface area contributed by atoms with Crippen LogP contribution in [0.4, 0.5) is 0 Å². The van der Waals surface area contributed by atoms with Crippen LogP contribution in [0.5, 0.6) is 0 Å². The minimum atomic E-state index is -3.64. The predicted octanol–water partition coefficient (Wildman–Crippen LogP) is 1.65. The summed E-state index contributed by atoms with van der Waals surface area (Å²) in [5.41, 5.74) is -0.0617. The van der Waals surface area contributed by atoms with Crippen molar-refractivity contribution >= 4 is 21.8 Å². The van der Waals surface area contributed by atoms with E-state index in [1.54, 1.807) is 29.5 Å². The van der Waals surface area contributed by atoms with Gasteiger partial charge in [-0.25, -0.2) is 8.42 Å². The summed E-state index contributed by atoms with van der Waals surface area (Å²) < 4.78 is 27.7. The molecule has 1 N–H and O–H groups in total. The Morgan fingerprint density at radius 3 is 2.52 bits per heavy atom. The van der Waals surface area contributed by atoms with E-state index in [1.165, 1.54) is 0 Å². The number of aromatic nitrogens is 2. The number of hydrogen-bond donors (Lipinski definition) is 1. The van der Waals surface area contributed by atoms with Crippen LogP contribution in [-0.4, -0.2) is 53.8 Å². The molecule has 2 rings (SSSR count). The van der Waals surface area contributed by atoms with E-state index < -0.39 is 21.3 Å². The molecule has 0 radical (unpaired) electrons. The molecule has 1 fully saturated rings. The van der Waals surface area contributed by atoms with Crippen LogP contribution >= 0.6 is 0 Å². The maximum absolute atomic E-state index is 13.0.